The van der Waals surface area contributed by atoms with Crippen LogP contribution in [0.1, 0.15) is 23.7 Å². The van der Waals surface area contributed by atoms with Crippen molar-refractivity contribution < 1.29 is 19.2 Å². The van der Waals surface area contributed by atoms with E-state index in [2.05, 4.69) is 0 Å². The minimum absolute atomic E-state index is 0.103. The van der Waals surface area contributed by atoms with Crippen LogP contribution in [0, 0.1) is 21.4 Å². The van der Waals surface area contributed by atoms with Gasteiger partial charge in [0.2, 0.25) is 0 Å². The van der Waals surface area contributed by atoms with Gasteiger partial charge in [0, 0.05) is 18.3 Å². The second kappa shape index (κ2) is 9.10. The SMILES string of the molecule is CC(OC(=O)c1ccccc1[N+](=O)[O-])C(=O)N(CCC#N)c1ccccc1. The number of esters is 1. The molecule has 2 aromatic carbocycles. The topological polar surface area (TPSA) is 114 Å². The van der Waals surface area contributed by atoms with Gasteiger partial charge in [-0.1, -0.05) is 30.3 Å². The number of nitro benzene ring substituents is 1. The quantitative estimate of drug-likeness (QED) is 0.422. The Hall–Kier alpha value is -3.73. The molecule has 1 amide bonds. The second-order valence-electron chi connectivity index (χ2n) is 5.56. The van der Waals surface area contributed by atoms with E-state index in [-0.39, 0.29) is 18.5 Å². The van der Waals surface area contributed by atoms with Gasteiger partial charge >= 0.3 is 5.97 Å². The Morgan fingerprint density at radius 2 is 1.81 bits per heavy atom. The maximum Gasteiger partial charge on any atom is 0.345 e. The fourth-order valence-corrected chi connectivity index (χ4v) is 2.44. The number of nitrogens with zero attached hydrogens (tertiary/aromatic N) is 3. The van der Waals surface area contributed by atoms with Gasteiger partial charge < -0.3 is 9.64 Å². The van der Waals surface area contributed by atoms with Crippen molar-refractivity contribution in [1.82, 2.24) is 0 Å². The summed E-state index contributed by atoms with van der Waals surface area (Å²) in [6, 6.07) is 16.0. The van der Waals surface area contributed by atoms with Gasteiger partial charge in [-0.2, -0.15) is 5.26 Å². The summed E-state index contributed by atoms with van der Waals surface area (Å²) >= 11 is 0. The highest BCUT2D eigenvalue weighted by Gasteiger charge is 2.28. The van der Waals surface area contributed by atoms with Crippen molar-refractivity contribution in [2.24, 2.45) is 0 Å². The van der Waals surface area contributed by atoms with Crippen LogP contribution in [0.5, 0.6) is 0 Å². The van der Waals surface area contributed by atoms with E-state index in [0.29, 0.717) is 5.69 Å². The van der Waals surface area contributed by atoms with E-state index in [1.807, 2.05) is 6.07 Å². The number of carbonyl (C=O) groups excluding carboxylic acids is 2. The van der Waals surface area contributed by atoms with E-state index in [1.165, 1.54) is 36.1 Å². The lowest BCUT2D eigenvalue weighted by Gasteiger charge is -2.25. The zero-order valence-corrected chi connectivity index (χ0v) is 14.6. The predicted molar refractivity (Wildman–Crippen MR) is 97.0 cm³/mol. The van der Waals surface area contributed by atoms with Crippen LogP contribution in [0.25, 0.3) is 0 Å². The number of carbonyl (C=O) groups is 2. The summed E-state index contributed by atoms with van der Waals surface area (Å²) in [7, 11) is 0. The largest absolute Gasteiger partial charge is 0.449 e. The Morgan fingerprint density at radius 3 is 2.44 bits per heavy atom. The number of rotatable bonds is 7. The highest BCUT2D eigenvalue weighted by molar-refractivity contribution is 6.00. The van der Waals surface area contributed by atoms with Gasteiger partial charge in [0.05, 0.1) is 17.4 Å². The molecule has 0 spiro atoms. The van der Waals surface area contributed by atoms with Crippen molar-refractivity contribution in [3.8, 4) is 6.07 Å². The first-order chi connectivity index (χ1) is 13.0. The lowest BCUT2D eigenvalue weighted by molar-refractivity contribution is -0.385. The van der Waals surface area contributed by atoms with Gasteiger partial charge in [-0.3, -0.25) is 14.9 Å². The summed E-state index contributed by atoms with van der Waals surface area (Å²) in [6.45, 7) is 1.52. The van der Waals surface area contributed by atoms with Crippen LogP contribution in [0.2, 0.25) is 0 Å². The van der Waals surface area contributed by atoms with Gasteiger partial charge in [0.1, 0.15) is 5.56 Å². The molecule has 1 unspecified atom stereocenters. The number of amides is 1. The van der Waals surface area contributed by atoms with E-state index in [9.17, 15) is 19.7 Å². The van der Waals surface area contributed by atoms with Gasteiger partial charge in [-0.25, -0.2) is 4.79 Å². The van der Waals surface area contributed by atoms with E-state index in [0.717, 1.165) is 0 Å². The third-order valence-electron chi connectivity index (χ3n) is 3.73. The molecule has 0 heterocycles. The Labute approximate surface area is 155 Å². The lowest BCUT2D eigenvalue weighted by atomic mass is 10.2. The number of nitriles is 1. The Bertz CT molecular complexity index is 876. The zero-order chi connectivity index (χ0) is 19.8. The maximum atomic E-state index is 12.7. The van der Waals surface area contributed by atoms with Crippen LogP contribution in [0.15, 0.2) is 54.6 Å². The Kier molecular flexibility index (Phi) is 6.61. The average Bonchev–Trinajstić information content (AvgIpc) is 2.68. The molecule has 0 saturated heterocycles. The predicted octanol–water partition coefficient (Wildman–Crippen LogP) is 3.09. The maximum absolute atomic E-state index is 12.7. The molecule has 8 heteroatoms. The summed E-state index contributed by atoms with van der Waals surface area (Å²) in [4.78, 5) is 36.8. The molecule has 2 aromatic rings. The van der Waals surface area contributed by atoms with Crippen LogP contribution < -0.4 is 4.90 Å². The average molecular weight is 367 g/mol. The molecule has 0 aliphatic carbocycles. The zero-order valence-electron chi connectivity index (χ0n) is 14.6. The van der Waals surface area contributed by atoms with Crippen molar-refractivity contribution in [2.75, 3.05) is 11.4 Å². The van der Waals surface area contributed by atoms with Crippen LogP contribution in [0.4, 0.5) is 11.4 Å². The molecule has 138 valence electrons. The van der Waals surface area contributed by atoms with Crippen molar-refractivity contribution in [2.45, 2.75) is 19.4 Å². The summed E-state index contributed by atoms with van der Waals surface area (Å²) < 4.78 is 5.15. The van der Waals surface area contributed by atoms with Gasteiger partial charge in [-0.15, -0.1) is 0 Å². The number of hydrogen-bond donors (Lipinski definition) is 0. The van der Waals surface area contributed by atoms with Crippen LogP contribution in [-0.4, -0.2) is 29.4 Å². The summed E-state index contributed by atoms with van der Waals surface area (Å²) in [6.07, 6.45) is -1.08. The van der Waals surface area contributed by atoms with E-state index in [4.69, 9.17) is 10.00 Å². The molecule has 0 fully saturated rings. The number of anilines is 1. The highest BCUT2D eigenvalue weighted by Crippen LogP contribution is 2.20. The first-order valence-electron chi connectivity index (χ1n) is 8.13. The minimum atomic E-state index is -1.18. The van der Waals surface area contributed by atoms with Gasteiger partial charge in [0.25, 0.3) is 11.6 Å². The van der Waals surface area contributed by atoms with Crippen LogP contribution >= 0.6 is 0 Å². The monoisotopic (exact) mass is 367 g/mol. The molecular weight excluding hydrogens is 350 g/mol. The summed E-state index contributed by atoms with van der Waals surface area (Å²) in [5, 5.41) is 19.9. The molecule has 0 bridgehead atoms. The molecule has 8 nitrogen and oxygen atoms in total. The molecule has 2 rings (SSSR count). The van der Waals surface area contributed by atoms with Crippen molar-refractivity contribution >= 4 is 23.3 Å². The fourth-order valence-electron chi connectivity index (χ4n) is 2.44. The third kappa shape index (κ3) is 4.89. The third-order valence-corrected chi connectivity index (χ3v) is 3.73. The first-order valence-corrected chi connectivity index (χ1v) is 8.13. The normalized spacial score (nSPS) is 11.1. The molecule has 0 aliphatic heterocycles. The number of benzene rings is 2. The Balaban J connectivity index is 2.19. The van der Waals surface area contributed by atoms with E-state index >= 15 is 0 Å². The number of nitro groups is 1. The van der Waals surface area contributed by atoms with Crippen LogP contribution in [-0.2, 0) is 9.53 Å². The lowest BCUT2D eigenvalue weighted by Crippen LogP contribution is -2.40. The molecule has 27 heavy (non-hydrogen) atoms. The molecule has 0 N–H and O–H groups in total. The standard InChI is InChI=1S/C19H17N3O5/c1-14(27-19(24)16-10-5-6-11-17(16)22(25)26)18(23)21(13-7-12-20)15-8-3-2-4-9-15/h2-6,8-11,14H,7,13H2,1H3. The molecule has 0 aliphatic rings. The number of hydrogen-bond acceptors (Lipinski definition) is 6. The van der Waals surface area contributed by atoms with Gasteiger partial charge in [-0.05, 0) is 25.1 Å². The summed E-state index contributed by atoms with van der Waals surface area (Å²) in [5.74, 6) is -1.49. The fraction of sp³-hybridized carbons (Fsp3) is 0.211. The van der Waals surface area contributed by atoms with Crippen molar-refractivity contribution in [3.05, 3.63) is 70.3 Å². The van der Waals surface area contributed by atoms with Crippen molar-refractivity contribution in [3.63, 3.8) is 0 Å². The molecule has 0 aromatic heterocycles. The van der Waals surface area contributed by atoms with Gasteiger partial charge in [0.15, 0.2) is 6.10 Å². The smallest absolute Gasteiger partial charge is 0.345 e. The number of para-hydroxylation sites is 2. The number of ether oxygens (including phenoxy) is 1. The molecular formula is C19H17N3O5. The van der Waals surface area contributed by atoms with E-state index < -0.39 is 28.6 Å². The van der Waals surface area contributed by atoms with E-state index in [1.54, 1.807) is 30.3 Å². The Morgan fingerprint density at radius 1 is 1.19 bits per heavy atom. The first kappa shape index (κ1) is 19.6. The van der Waals surface area contributed by atoms with Crippen molar-refractivity contribution in [1.29, 1.82) is 5.26 Å². The highest BCUT2D eigenvalue weighted by atomic mass is 16.6. The molecule has 1 atom stereocenters. The van der Waals surface area contributed by atoms with Crippen LogP contribution in [0.3, 0.4) is 0 Å². The second-order valence-corrected chi connectivity index (χ2v) is 5.56. The molecule has 0 radical (unpaired) electrons. The minimum Gasteiger partial charge on any atom is -0.449 e. The molecule has 0 saturated carbocycles. The summed E-state index contributed by atoms with van der Waals surface area (Å²) in [5.41, 5.74) is -0.0664.